The fourth-order valence-corrected chi connectivity index (χ4v) is 4.41. The Bertz CT molecular complexity index is 1260. The van der Waals surface area contributed by atoms with Crippen molar-refractivity contribution in [3.8, 4) is 28.1 Å². The minimum atomic E-state index is 0.235. The number of nitrogens with one attached hydrogen (secondary N) is 1. The number of hydrogen-bond donors (Lipinski definition) is 2. The molecule has 3 aromatic rings. The second-order valence-corrected chi connectivity index (χ2v) is 10.2. The number of phenols is 1. The van der Waals surface area contributed by atoms with Crippen molar-refractivity contribution in [1.29, 1.82) is 0 Å². The number of para-hydroxylation sites is 1. The Labute approximate surface area is 217 Å². The third-order valence-corrected chi connectivity index (χ3v) is 6.58. The van der Waals surface area contributed by atoms with E-state index in [4.69, 9.17) is 4.98 Å². The molecular formula is C33H40N2O. The van der Waals surface area contributed by atoms with Gasteiger partial charge in [0.1, 0.15) is 5.75 Å². The molecule has 0 unspecified atom stereocenters. The third kappa shape index (κ3) is 5.96. The Hall–Kier alpha value is -3.59. The van der Waals surface area contributed by atoms with Crippen LogP contribution in [0.5, 0.6) is 5.75 Å². The molecule has 3 nitrogen and oxygen atoms in total. The first kappa shape index (κ1) is 27.0. The molecule has 1 heterocycles. The fraction of sp³-hybridized carbons (Fsp3) is 0.303. The zero-order valence-electron chi connectivity index (χ0n) is 22.6. The quantitative estimate of drug-likeness (QED) is 0.285. The van der Waals surface area contributed by atoms with Gasteiger partial charge in [-0.3, -0.25) is 4.98 Å². The third-order valence-electron chi connectivity index (χ3n) is 6.58. The highest BCUT2D eigenvalue weighted by molar-refractivity contribution is 5.85. The number of hydrogen-bond acceptors (Lipinski definition) is 3. The van der Waals surface area contributed by atoms with Crippen LogP contribution in [-0.4, -0.2) is 10.1 Å². The van der Waals surface area contributed by atoms with E-state index in [-0.39, 0.29) is 5.92 Å². The molecule has 0 saturated carbocycles. The number of pyridine rings is 1. The van der Waals surface area contributed by atoms with Gasteiger partial charge in [0.15, 0.2) is 0 Å². The Morgan fingerprint density at radius 1 is 0.861 bits per heavy atom. The number of aromatic hydroxyl groups is 1. The number of aromatic nitrogens is 1. The van der Waals surface area contributed by atoms with Gasteiger partial charge in [-0.05, 0) is 52.2 Å². The molecular weight excluding hydrogens is 440 g/mol. The molecule has 2 aromatic carbocycles. The van der Waals surface area contributed by atoms with Crippen molar-refractivity contribution in [1.82, 2.24) is 10.3 Å². The lowest BCUT2D eigenvalue weighted by molar-refractivity contribution is 0.467. The highest BCUT2D eigenvalue weighted by Gasteiger charge is 2.17. The Morgan fingerprint density at radius 2 is 1.50 bits per heavy atom. The molecule has 0 aliphatic carbocycles. The van der Waals surface area contributed by atoms with Gasteiger partial charge in [-0.15, -0.1) is 0 Å². The molecule has 1 aromatic heterocycles. The highest BCUT2D eigenvalue weighted by atomic mass is 16.3. The van der Waals surface area contributed by atoms with Crippen molar-refractivity contribution in [3.05, 3.63) is 108 Å². The molecule has 0 radical (unpaired) electrons. The van der Waals surface area contributed by atoms with Gasteiger partial charge >= 0.3 is 0 Å². The molecule has 188 valence electrons. The average molecular weight is 481 g/mol. The van der Waals surface area contributed by atoms with Gasteiger partial charge in [-0.25, -0.2) is 0 Å². The van der Waals surface area contributed by atoms with Crippen LogP contribution in [-0.2, 0) is 6.54 Å². The maximum Gasteiger partial charge on any atom is 0.126 e. The normalized spacial score (nSPS) is 12.1. The van der Waals surface area contributed by atoms with Gasteiger partial charge in [0.05, 0.1) is 17.9 Å². The minimum absolute atomic E-state index is 0.235. The summed E-state index contributed by atoms with van der Waals surface area (Å²) in [5.74, 6) is 1.23. The molecule has 0 spiro atoms. The first-order valence-electron chi connectivity index (χ1n) is 12.8. The summed E-state index contributed by atoms with van der Waals surface area (Å²) in [6, 6.07) is 20.2. The fourth-order valence-electron chi connectivity index (χ4n) is 4.41. The molecule has 0 bridgehead atoms. The van der Waals surface area contributed by atoms with Crippen LogP contribution < -0.4 is 5.32 Å². The van der Waals surface area contributed by atoms with Crippen molar-refractivity contribution in [3.63, 3.8) is 0 Å². The second-order valence-electron chi connectivity index (χ2n) is 10.2. The summed E-state index contributed by atoms with van der Waals surface area (Å²) < 4.78 is 0. The molecule has 0 amide bonds. The zero-order valence-corrected chi connectivity index (χ0v) is 22.6. The van der Waals surface area contributed by atoms with Crippen molar-refractivity contribution < 1.29 is 5.11 Å². The van der Waals surface area contributed by atoms with Gasteiger partial charge in [-0.1, -0.05) is 109 Å². The van der Waals surface area contributed by atoms with Crippen LogP contribution in [0.2, 0.25) is 0 Å². The lowest BCUT2D eigenvalue weighted by Gasteiger charge is -2.22. The largest absolute Gasteiger partial charge is 0.507 e. The first-order valence-corrected chi connectivity index (χ1v) is 12.8. The van der Waals surface area contributed by atoms with Gasteiger partial charge in [0.25, 0.3) is 0 Å². The summed E-state index contributed by atoms with van der Waals surface area (Å²) in [5, 5.41) is 14.7. The standard InChI is InChI=1S/C33H40N2O/c1-9-26(22(4)5)32(24(8)21(2)3)34-20-25-14-12-19-31(35-25)29-16-11-10-15-28(29)30-18-13-17-27(23(6)7)33(30)36/h9-19,21-23,34,36H,1,8,20H2,2-7H3/b32-26-. The molecule has 0 aliphatic heterocycles. The van der Waals surface area contributed by atoms with E-state index in [0.29, 0.717) is 24.1 Å². The maximum atomic E-state index is 11.0. The monoisotopic (exact) mass is 480 g/mol. The molecule has 0 atom stereocenters. The molecule has 36 heavy (non-hydrogen) atoms. The van der Waals surface area contributed by atoms with E-state index in [1.54, 1.807) is 0 Å². The van der Waals surface area contributed by atoms with Crippen LogP contribution in [0.4, 0.5) is 0 Å². The number of benzene rings is 2. The molecule has 0 fully saturated rings. The van der Waals surface area contributed by atoms with Crippen LogP contribution in [0.1, 0.15) is 58.7 Å². The second kappa shape index (κ2) is 11.9. The number of phenolic OH excluding ortho intramolecular Hbond substituents is 1. The molecule has 2 N–H and O–H groups in total. The van der Waals surface area contributed by atoms with E-state index in [9.17, 15) is 5.11 Å². The summed E-state index contributed by atoms with van der Waals surface area (Å²) in [7, 11) is 0. The van der Waals surface area contributed by atoms with Gasteiger partial charge < -0.3 is 10.4 Å². The maximum absolute atomic E-state index is 11.0. The minimum Gasteiger partial charge on any atom is -0.507 e. The average Bonchev–Trinajstić information content (AvgIpc) is 2.86. The van der Waals surface area contributed by atoms with E-state index in [1.807, 2.05) is 60.7 Å². The topological polar surface area (TPSA) is 45.1 Å². The Kier molecular flexibility index (Phi) is 8.93. The zero-order chi connectivity index (χ0) is 26.4. The summed E-state index contributed by atoms with van der Waals surface area (Å²) in [4.78, 5) is 5.00. The van der Waals surface area contributed by atoms with Crippen molar-refractivity contribution in [2.24, 2.45) is 11.8 Å². The molecule has 0 saturated heterocycles. The smallest absolute Gasteiger partial charge is 0.126 e. The van der Waals surface area contributed by atoms with Crippen molar-refractivity contribution in [2.75, 3.05) is 0 Å². The number of nitrogens with zero attached hydrogens (tertiary/aromatic N) is 1. The van der Waals surface area contributed by atoms with Gasteiger partial charge in [0, 0.05) is 16.8 Å². The molecule has 3 heteroatoms. The lowest BCUT2D eigenvalue weighted by atomic mass is 9.92. The van der Waals surface area contributed by atoms with Crippen molar-refractivity contribution >= 4 is 0 Å². The van der Waals surface area contributed by atoms with Crippen LogP contribution >= 0.6 is 0 Å². The van der Waals surface area contributed by atoms with E-state index < -0.39 is 0 Å². The summed E-state index contributed by atoms with van der Waals surface area (Å²) in [6.45, 7) is 21.8. The summed E-state index contributed by atoms with van der Waals surface area (Å²) in [6.07, 6.45) is 1.93. The van der Waals surface area contributed by atoms with E-state index in [1.165, 1.54) is 0 Å². The van der Waals surface area contributed by atoms with Crippen LogP contribution in [0.25, 0.3) is 22.4 Å². The lowest BCUT2D eigenvalue weighted by Crippen LogP contribution is -2.20. The van der Waals surface area contributed by atoms with Gasteiger partial charge in [0.2, 0.25) is 0 Å². The predicted molar refractivity (Wildman–Crippen MR) is 154 cm³/mol. The Balaban J connectivity index is 1.99. The molecule has 3 rings (SSSR count). The van der Waals surface area contributed by atoms with Crippen LogP contribution in [0, 0.1) is 11.8 Å². The van der Waals surface area contributed by atoms with E-state index in [0.717, 1.165) is 50.5 Å². The van der Waals surface area contributed by atoms with Crippen LogP contribution in [0.3, 0.4) is 0 Å². The SMILES string of the molecule is C=C/C(=C(/NCc1cccc(-c2ccccc2-c2cccc(C(C)C)c2O)n1)C(=C)C(C)C)C(C)C. The van der Waals surface area contributed by atoms with E-state index in [2.05, 4.69) is 66.1 Å². The van der Waals surface area contributed by atoms with Crippen LogP contribution in [0.15, 0.2) is 96.7 Å². The highest BCUT2D eigenvalue weighted by Crippen LogP contribution is 2.40. The first-order chi connectivity index (χ1) is 17.1. The molecule has 0 aliphatic rings. The summed E-state index contributed by atoms with van der Waals surface area (Å²) >= 11 is 0. The summed E-state index contributed by atoms with van der Waals surface area (Å²) in [5.41, 5.74) is 8.83. The van der Waals surface area contributed by atoms with Gasteiger partial charge in [-0.2, -0.15) is 0 Å². The van der Waals surface area contributed by atoms with Crippen molar-refractivity contribution in [2.45, 2.75) is 54.0 Å². The number of allylic oxidation sites excluding steroid dienone is 3. The Morgan fingerprint density at radius 3 is 2.11 bits per heavy atom. The predicted octanol–water partition coefficient (Wildman–Crippen LogP) is 8.64. The van der Waals surface area contributed by atoms with E-state index >= 15 is 0 Å². The number of rotatable bonds is 10.